The van der Waals surface area contributed by atoms with Crippen LogP contribution in [0, 0.1) is 24.3 Å². The smallest absolute Gasteiger partial charge is 0.503 e. The van der Waals surface area contributed by atoms with Gasteiger partial charge in [0.15, 0.2) is 0 Å². The number of aromatic nitrogens is 6. The molecule has 0 amide bonds. The molecule has 0 N–H and O–H groups in total. The van der Waals surface area contributed by atoms with E-state index in [1.165, 1.54) is 0 Å². The summed E-state index contributed by atoms with van der Waals surface area (Å²) in [5.74, 6) is 2.56. The summed E-state index contributed by atoms with van der Waals surface area (Å²) in [4.78, 5) is 18.8. The Hall–Kier alpha value is -6.20. The molecule has 0 aliphatic rings. The first-order valence-electron chi connectivity index (χ1n) is 17.7. The summed E-state index contributed by atoms with van der Waals surface area (Å²) in [6.07, 6.45) is 7.23. The van der Waals surface area contributed by atoms with E-state index in [-0.39, 0.29) is 42.1 Å². The van der Waals surface area contributed by atoms with Gasteiger partial charge in [0, 0.05) is 71.3 Å². The summed E-state index contributed by atoms with van der Waals surface area (Å²) in [5.41, 5.74) is 7.79. The minimum atomic E-state index is 0. The summed E-state index contributed by atoms with van der Waals surface area (Å²) in [5, 5.41) is 3.02. The maximum Gasteiger partial charge on any atom is 2.00 e. The molecule has 0 unspecified atom stereocenters. The predicted octanol–water partition coefficient (Wildman–Crippen LogP) is 10.6. The first-order chi connectivity index (χ1) is 27.1. The average molecular weight is 1100 g/mol. The Bertz CT molecular complexity index is 2860. The standard InChI is InChI=1S/C47H28N6O2.2Pt/c1-52-43-17-3-2-10-33(43)26-44(52)34-29-50-47(51-30-34)53-45-27-37(54-35-13-8-11-31(24-35)41-15-4-6-22-48-41)18-20-39(45)40-21-19-38(28-46(40)53)55-36-14-9-12-32(25-36)42-16-5-7-23-49-42;;/h2-23,26,29-30H,1H3;;/q-4;2*+2. The normalized spacial score (nSPS) is 11.0. The molecule has 0 atom stereocenters. The zero-order valence-corrected chi connectivity index (χ0v) is 34.6. The van der Waals surface area contributed by atoms with Crippen molar-refractivity contribution < 1.29 is 51.6 Å². The molecule has 278 valence electrons. The van der Waals surface area contributed by atoms with Crippen LogP contribution in [0.3, 0.4) is 0 Å². The molecule has 0 saturated carbocycles. The van der Waals surface area contributed by atoms with E-state index >= 15 is 0 Å². The Morgan fingerprint density at radius 1 is 0.509 bits per heavy atom. The monoisotopic (exact) mass is 1100 g/mol. The minimum Gasteiger partial charge on any atom is -0.503 e. The van der Waals surface area contributed by atoms with Crippen LogP contribution < -0.4 is 9.47 Å². The molecule has 5 heterocycles. The number of nitrogens with zero attached hydrogens (tertiary/aromatic N) is 6. The second-order valence-electron chi connectivity index (χ2n) is 12.9. The quantitative estimate of drug-likeness (QED) is 0.141. The minimum absolute atomic E-state index is 0. The van der Waals surface area contributed by atoms with Crippen molar-refractivity contribution >= 4 is 32.7 Å². The molecule has 0 bridgehead atoms. The number of hydrogen-bond acceptors (Lipinski definition) is 6. The molecule has 8 nitrogen and oxygen atoms in total. The van der Waals surface area contributed by atoms with Crippen molar-refractivity contribution in [3.05, 3.63) is 176 Å². The Labute approximate surface area is 357 Å². The molecule has 5 aromatic carbocycles. The molecule has 10 heteroatoms. The van der Waals surface area contributed by atoms with Crippen LogP contribution in [0.1, 0.15) is 0 Å². The van der Waals surface area contributed by atoms with Crippen LogP contribution in [0.2, 0.25) is 0 Å². The number of fused-ring (bicyclic) bond motifs is 4. The second-order valence-corrected chi connectivity index (χ2v) is 12.9. The summed E-state index contributed by atoms with van der Waals surface area (Å²) in [7, 11) is 2.05. The van der Waals surface area contributed by atoms with Gasteiger partial charge < -0.3 is 28.6 Å². The van der Waals surface area contributed by atoms with Crippen LogP contribution >= 0.6 is 0 Å². The maximum absolute atomic E-state index is 6.36. The van der Waals surface area contributed by atoms with E-state index in [0.29, 0.717) is 28.9 Å². The van der Waals surface area contributed by atoms with Gasteiger partial charge in [-0.05, 0) is 35.7 Å². The molecule has 0 aliphatic carbocycles. The fourth-order valence-electron chi connectivity index (χ4n) is 6.88. The Morgan fingerprint density at radius 3 is 1.56 bits per heavy atom. The Kier molecular flexibility index (Phi) is 10.7. The molecule has 57 heavy (non-hydrogen) atoms. The van der Waals surface area contributed by atoms with Gasteiger partial charge in [0.1, 0.15) is 0 Å². The molecule has 10 aromatic rings. The van der Waals surface area contributed by atoms with Gasteiger partial charge >= 0.3 is 42.1 Å². The zero-order valence-electron chi connectivity index (χ0n) is 30.1. The van der Waals surface area contributed by atoms with Gasteiger partial charge in [0.25, 0.3) is 0 Å². The van der Waals surface area contributed by atoms with E-state index in [1.807, 2.05) is 126 Å². The molecular formula is C47H28N6O2Pt2. The van der Waals surface area contributed by atoms with Crippen molar-refractivity contribution in [2.24, 2.45) is 7.05 Å². The first kappa shape index (κ1) is 37.7. The Morgan fingerprint density at radius 2 is 1.04 bits per heavy atom. The van der Waals surface area contributed by atoms with Gasteiger partial charge in [-0.25, -0.2) is 9.97 Å². The topological polar surface area (TPSA) is 79.9 Å². The number of ether oxygens (including phenoxy) is 2. The van der Waals surface area contributed by atoms with Crippen molar-refractivity contribution in [1.29, 1.82) is 0 Å². The molecular weight excluding hydrogens is 1070 g/mol. The van der Waals surface area contributed by atoms with Gasteiger partial charge in [-0.1, -0.05) is 65.6 Å². The third-order valence-corrected chi connectivity index (χ3v) is 9.48. The SMILES string of the molecule is Cn1c(-c2cnc(-n3c4[c-]c(Oc5[c-]c(-c6ccccn6)ccc5)ccc4c4ccc(Oc5[c-]c(-c6ccccn6)ccc5)[c-]c43)nc2)cc2ccccc21.[Pt+2].[Pt+2]. The summed E-state index contributed by atoms with van der Waals surface area (Å²) in [6, 6.07) is 55.1. The number of rotatable bonds is 8. The van der Waals surface area contributed by atoms with E-state index in [1.54, 1.807) is 12.4 Å². The van der Waals surface area contributed by atoms with Crippen LogP contribution in [0.25, 0.3) is 72.4 Å². The maximum atomic E-state index is 6.36. The van der Waals surface area contributed by atoms with Gasteiger partial charge in [-0.2, -0.15) is 22.9 Å². The first-order valence-corrected chi connectivity index (χ1v) is 17.7. The molecule has 5 aromatic heterocycles. The van der Waals surface area contributed by atoms with Crippen molar-refractivity contribution in [2.75, 3.05) is 0 Å². The third-order valence-electron chi connectivity index (χ3n) is 9.48. The van der Waals surface area contributed by atoms with Gasteiger partial charge in [-0.15, -0.1) is 71.8 Å². The molecule has 0 radical (unpaired) electrons. The van der Waals surface area contributed by atoms with Crippen LogP contribution in [0.15, 0.2) is 152 Å². The molecule has 0 fully saturated rings. The van der Waals surface area contributed by atoms with Crippen LogP contribution in [-0.4, -0.2) is 29.1 Å². The third kappa shape index (κ3) is 7.30. The van der Waals surface area contributed by atoms with Crippen molar-refractivity contribution in [3.63, 3.8) is 0 Å². The van der Waals surface area contributed by atoms with E-state index in [2.05, 4.69) is 64.0 Å². The van der Waals surface area contributed by atoms with Crippen LogP contribution in [-0.2, 0) is 49.2 Å². The largest absolute Gasteiger partial charge is 2.00 e. The van der Waals surface area contributed by atoms with Crippen molar-refractivity contribution in [3.8, 4) is 62.7 Å². The van der Waals surface area contributed by atoms with Crippen LogP contribution in [0.5, 0.6) is 23.0 Å². The fourth-order valence-corrected chi connectivity index (χ4v) is 6.88. The van der Waals surface area contributed by atoms with Crippen LogP contribution in [0.4, 0.5) is 0 Å². The molecule has 0 aliphatic heterocycles. The molecule has 0 saturated heterocycles. The average Bonchev–Trinajstić information content (AvgIpc) is 3.75. The van der Waals surface area contributed by atoms with E-state index in [9.17, 15) is 0 Å². The number of pyridine rings is 2. The number of hydrogen-bond donors (Lipinski definition) is 0. The van der Waals surface area contributed by atoms with E-state index < -0.39 is 0 Å². The van der Waals surface area contributed by atoms with Crippen molar-refractivity contribution in [1.82, 2.24) is 29.1 Å². The number of para-hydroxylation sites is 1. The summed E-state index contributed by atoms with van der Waals surface area (Å²) < 4.78 is 16.8. The molecule has 10 rings (SSSR count). The summed E-state index contributed by atoms with van der Waals surface area (Å²) >= 11 is 0. The van der Waals surface area contributed by atoms with Gasteiger partial charge in [0.2, 0.25) is 5.95 Å². The second kappa shape index (κ2) is 16.1. The van der Waals surface area contributed by atoms with Gasteiger partial charge in [-0.3, -0.25) is 0 Å². The van der Waals surface area contributed by atoms with E-state index in [0.717, 1.165) is 66.5 Å². The number of benzene rings is 5. The van der Waals surface area contributed by atoms with Gasteiger partial charge in [0.05, 0.1) is 5.69 Å². The number of aryl methyl sites for hydroxylation is 1. The Balaban J connectivity index is 0.00000228. The zero-order chi connectivity index (χ0) is 36.7. The predicted molar refractivity (Wildman–Crippen MR) is 213 cm³/mol. The van der Waals surface area contributed by atoms with E-state index in [4.69, 9.17) is 19.4 Å². The van der Waals surface area contributed by atoms with Crippen molar-refractivity contribution in [2.45, 2.75) is 0 Å². The summed E-state index contributed by atoms with van der Waals surface area (Å²) in [6.45, 7) is 0. The molecule has 0 spiro atoms. The fraction of sp³-hybridized carbons (Fsp3) is 0.0213.